The summed E-state index contributed by atoms with van der Waals surface area (Å²) >= 11 is 3.30. The minimum absolute atomic E-state index is 0.238. The summed E-state index contributed by atoms with van der Waals surface area (Å²) in [4.78, 5) is 1.82. The third kappa shape index (κ3) is 3.52. The van der Waals surface area contributed by atoms with Gasteiger partial charge in [0.2, 0.25) is 0 Å². The van der Waals surface area contributed by atoms with E-state index in [1.807, 2.05) is 11.9 Å². The van der Waals surface area contributed by atoms with Crippen LogP contribution in [0, 0.1) is 17.1 Å². The molecule has 4 heteroatoms. The van der Waals surface area contributed by atoms with Crippen LogP contribution in [0.25, 0.3) is 0 Å². The molecule has 0 unspecified atom stereocenters. The van der Waals surface area contributed by atoms with Crippen LogP contribution in [0.4, 0.5) is 10.1 Å². The number of unbranched alkanes of at least 4 members (excludes halogenated alkanes) is 1. The Morgan fingerprint density at radius 1 is 1.53 bits per heavy atom. The van der Waals surface area contributed by atoms with Gasteiger partial charge in [0.15, 0.2) is 0 Å². The van der Waals surface area contributed by atoms with Crippen molar-refractivity contribution in [1.29, 1.82) is 5.26 Å². The van der Waals surface area contributed by atoms with E-state index in [-0.39, 0.29) is 5.82 Å². The van der Waals surface area contributed by atoms with E-state index in [0.717, 1.165) is 10.9 Å². The van der Waals surface area contributed by atoms with Crippen molar-refractivity contribution < 1.29 is 4.39 Å². The van der Waals surface area contributed by atoms with Gasteiger partial charge in [0.1, 0.15) is 5.82 Å². The summed E-state index contributed by atoms with van der Waals surface area (Å²) in [5.74, 6) is -0.238. The molecule has 0 bridgehead atoms. The fourth-order valence-electron chi connectivity index (χ4n) is 1.29. The Hall–Kier alpha value is -1.08. The van der Waals surface area contributed by atoms with Crippen molar-refractivity contribution in [3.05, 3.63) is 28.5 Å². The topological polar surface area (TPSA) is 27.0 Å². The van der Waals surface area contributed by atoms with Gasteiger partial charge >= 0.3 is 0 Å². The molecule has 15 heavy (non-hydrogen) atoms. The third-order valence-corrected chi connectivity index (χ3v) is 2.59. The summed E-state index contributed by atoms with van der Waals surface area (Å²) in [7, 11) is 1.82. The average molecular weight is 271 g/mol. The molecule has 2 nitrogen and oxygen atoms in total. The first-order valence-corrected chi connectivity index (χ1v) is 5.47. The second kappa shape index (κ2) is 5.72. The summed E-state index contributed by atoms with van der Waals surface area (Å²) in [6.45, 7) is 0.681. The Kier molecular flexibility index (Phi) is 4.57. The number of rotatable bonds is 4. The van der Waals surface area contributed by atoms with Gasteiger partial charge in [0, 0.05) is 24.5 Å². The van der Waals surface area contributed by atoms with Crippen LogP contribution >= 0.6 is 15.9 Å². The van der Waals surface area contributed by atoms with Crippen molar-refractivity contribution in [2.75, 3.05) is 18.5 Å². The highest BCUT2D eigenvalue weighted by molar-refractivity contribution is 9.10. The van der Waals surface area contributed by atoms with Crippen LogP contribution in [0.1, 0.15) is 12.8 Å². The highest BCUT2D eigenvalue weighted by atomic mass is 79.9. The van der Waals surface area contributed by atoms with Crippen molar-refractivity contribution >= 4 is 21.6 Å². The lowest BCUT2D eigenvalue weighted by Crippen LogP contribution is -2.19. The van der Waals surface area contributed by atoms with Crippen molar-refractivity contribution in [1.82, 2.24) is 0 Å². The predicted octanol–water partition coefficient (Wildman–Crippen LogP) is 3.33. The molecule has 0 aliphatic carbocycles. The highest BCUT2D eigenvalue weighted by Crippen LogP contribution is 2.23. The fourth-order valence-corrected chi connectivity index (χ4v) is 1.64. The Balaban J connectivity index is 2.69. The first-order valence-electron chi connectivity index (χ1n) is 4.68. The van der Waals surface area contributed by atoms with Crippen LogP contribution in [-0.4, -0.2) is 13.6 Å². The number of nitrogens with zero attached hydrogens (tertiary/aromatic N) is 2. The van der Waals surface area contributed by atoms with E-state index in [0.29, 0.717) is 18.7 Å². The maximum atomic E-state index is 13.4. The maximum Gasteiger partial charge on any atom is 0.146 e. The number of nitriles is 1. The van der Waals surface area contributed by atoms with Gasteiger partial charge in [0.25, 0.3) is 0 Å². The van der Waals surface area contributed by atoms with E-state index in [1.54, 1.807) is 12.1 Å². The minimum atomic E-state index is -0.238. The number of hydrogen-bond acceptors (Lipinski definition) is 2. The van der Waals surface area contributed by atoms with E-state index >= 15 is 0 Å². The molecule has 0 aliphatic rings. The maximum absolute atomic E-state index is 13.4. The molecule has 0 fully saturated rings. The van der Waals surface area contributed by atoms with Gasteiger partial charge in [-0.3, -0.25) is 0 Å². The third-order valence-electron chi connectivity index (χ3n) is 2.10. The van der Waals surface area contributed by atoms with E-state index in [4.69, 9.17) is 5.26 Å². The van der Waals surface area contributed by atoms with E-state index in [2.05, 4.69) is 22.0 Å². The molecule has 0 radical (unpaired) electrons. The average Bonchev–Trinajstić information content (AvgIpc) is 2.22. The molecule has 0 aromatic heterocycles. The minimum Gasteiger partial charge on any atom is -0.372 e. The predicted molar refractivity (Wildman–Crippen MR) is 62.2 cm³/mol. The SMILES string of the molecule is CN(CCCC#N)c1cc(Br)ccc1F. The Morgan fingerprint density at radius 2 is 2.27 bits per heavy atom. The zero-order valence-corrected chi connectivity index (χ0v) is 10.1. The normalized spacial score (nSPS) is 9.73. The quantitative estimate of drug-likeness (QED) is 0.785. The molecule has 0 amide bonds. The number of halogens is 2. The second-order valence-electron chi connectivity index (χ2n) is 3.28. The zero-order chi connectivity index (χ0) is 11.3. The summed E-state index contributed by atoms with van der Waals surface area (Å²) in [6, 6.07) is 6.91. The van der Waals surface area contributed by atoms with Gasteiger partial charge in [-0.15, -0.1) is 0 Å². The van der Waals surface area contributed by atoms with Crippen LogP contribution in [0.15, 0.2) is 22.7 Å². The molecule has 0 saturated heterocycles. The molecule has 1 aromatic carbocycles. The van der Waals surface area contributed by atoms with Crippen LogP contribution in [0.2, 0.25) is 0 Å². The van der Waals surface area contributed by atoms with Crippen molar-refractivity contribution in [3.8, 4) is 6.07 Å². The smallest absolute Gasteiger partial charge is 0.146 e. The summed E-state index contributed by atoms with van der Waals surface area (Å²) in [6.07, 6.45) is 1.25. The van der Waals surface area contributed by atoms with Crippen molar-refractivity contribution in [3.63, 3.8) is 0 Å². The molecule has 0 saturated carbocycles. The van der Waals surface area contributed by atoms with Gasteiger partial charge in [-0.05, 0) is 24.6 Å². The zero-order valence-electron chi connectivity index (χ0n) is 8.50. The Morgan fingerprint density at radius 3 is 2.93 bits per heavy atom. The van der Waals surface area contributed by atoms with Crippen molar-refractivity contribution in [2.24, 2.45) is 0 Å². The molecular weight excluding hydrogens is 259 g/mol. The summed E-state index contributed by atoms with van der Waals surface area (Å²) in [5, 5.41) is 8.40. The Bertz CT molecular complexity index is 373. The van der Waals surface area contributed by atoms with Gasteiger partial charge in [-0.25, -0.2) is 4.39 Å². The van der Waals surface area contributed by atoms with Gasteiger partial charge in [-0.2, -0.15) is 5.26 Å². The molecule has 1 rings (SSSR count). The molecular formula is C11H12BrFN2. The second-order valence-corrected chi connectivity index (χ2v) is 4.19. The van der Waals surface area contributed by atoms with E-state index in [9.17, 15) is 4.39 Å². The monoisotopic (exact) mass is 270 g/mol. The first kappa shape index (κ1) is 12.0. The molecule has 0 N–H and O–H groups in total. The van der Waals surface area contributed by atoms with E-state index < -0.39 is 0 Å². The van der Waals surface area contributed by atoms with E-state index in [1.165, 1.54) is 6.07 Å². The largest absolute Gasteiger partial charge is 0.372 e. The molecule has 0 heterocycles. The molecule has 0 atom stereocenters. The van der Waals surface area contributed by atoms with Crippen LogP contribution < -0.4 is 4.90 Å². The lowest BCUT2D eigenvalue weighted by Gasteiger charge is -2.19. The molecule has 0 aliphatic heterocycles. The lowest BCUT2D eigenvalue weighted by molar-refractivity contribution is 0.620. The first-order chi connectivity index (χ1) is 7.15. The van der Waals surface area contributed by atoms with Gasteiger partial charge in [-0.1, -0.05) is 15.9 Å². The van der Waals surface area contributed by atoms with Crippen molar-refractivity contribution in [2.45, 2.75) is 12.8 Å². The highest BCUT2D eigenvalue weighted by Gasteiger charge is 2.07. The molecule has 0 spiro atoms. The number of anilines is 1. The number of hydrogen-bond donors (Lipinski definition) is 0. The summed E-state index contributed by atoms with van der Waals surface area (Å²) in [5.41, 5.74) is 0.558. The molecule has 1 aromatic rings. The standard InChI is InChI=1S/C11H12BrFN2/c1-15(7-3-2-6-14)11-8-9(12)4-5-10(11)13/h4-5,8H,2-3,7H2,1H3. The number of benzene rings is 1. The van der Waals surface area contributed by atoms with Crippen LogP contribution in [0.5, 0.6) is 0 Å². The lowest BCUT2D eigenvalue weighted by atomic mass is 10.2. The van der Waals surface area contributed by atoms with Gasteiger partial charge in [0.05, 0.1) is 11.8 Å². The molecule has 80 valence electrons. The summed E-state index contributed by atoms with van der Waals surface area (Å²) < 4.78 is 14.3. The van der Waals surface area contributed by atoms with Crippen LogP contribution in [0.3, 0.4) is 0 Å². The van der Waals surface area contributed by atoms with Crippen LogP contribution in [-0.2, 0) is 0 Å². The fraction of sp³-hybridized carbons (Fsp3) is 0.364. The van der Waals surface area contributed by atoms with Gasteiger partial charge < -0.3 is 4.90 Å². The Labute approximate surface area is 97.4 Å².